The zero-order valence-electron chi connectivity index (χ0n) is 9.33. The third-order valence-corrected chi connectivity index (χ3v) is 3.46. The smallest absolute Gasteiger partial charge is 0.308 e. The Balaban J connectivity index is 2.06. The maximum Gasteiger partial charge on any atom is 0.308 e. The van der Waals surface area contributed by atoms with Crippen molar-refractivity contribution in [1.82, 2.24) is 4.90 Å². The largest absolute Gasteiger partial charge is 0.481 e. The molecule has 0 spiro atoms. The zero-order chi connectivity index (χ0) is 12.6. The average Bonchev–Trinajstić information content (AvgIpc) is 2.98. The number of hydrogen-bond acceptors (Lipinski definition) is 3. The number of carbonyl (C=O) groups excluding carboxylic acids is 1. The second-order valence-electron chi connectivity index (χ2n) is 4.79. The summed E-state index contributed by atoms with van der Waals surface area (Å²) in [5.74, 6) is -2.59. The predicted molar refractivity (Wildman–Crippen MR) is 56.2 cm³/mol. The molecular formula is C11H15NO5. The summed E-state index contributed by atoms with van der Waals surface area (Å²) in [6.45, 7) is 0.155. The molecule has 2 atom stereocenters. The van der Waals surface area contributed by atoms with Crippen molar-refractivity contribution in [2.24, 2.45) is 11.8 Å². The van der Waals surface area contributed by atoms with Crippen molar-refractivity contribution in [1.29, 1.82) is 0 Å². The Morgan fingerprint density at radius 3 is 2.41 bits per heavy atom. The highest BCUT2D eigenvalue weighted by Gasteiger charge is 2.44. The van der Waals surface area contributed by atoms with E-state index in [0.717, 1.165) is 12.8 Å². The molecular weight excluding hydrogens is 226 g/mol. The fourth-order valence-corrected chi connectivity index (χ4v) is 2.41. The Labute approximate surface area is 98.2 Å². The number of carboxylic acids is 2. The molecule has 0 aromatic carbocycles. The van der Waals surface area contributed by atoms with Crippen molar-refractivity contribution in [2.75, 3.05) is 6.54 Å². The molecule has 0 aromatic heterocycles. The minimum atomic E-state index is -0.981. The number of hydrogen-bond donors (Lipinski definition) is 2. The molecule has 2 rings (SSSR count). The van der Waals surface area contributed by atoms with Crippen LogP contribution >= 0.6 is 0 Å². The Morgan fingerprint density at radius 2 is 2.00 bits per heavy atom. The highest BCUT2D eigenvalue weighted by molar-refractivity contribution is 5.86. The van der Waals surface area contributed by atoms with E-state index in [-0.39, 0.29) is 37.3 Å². The van der Waals surface area contributed by atoms with Crippen molar-refractivity contribution in [2.45, 2.75) is 31.7 Å². The minimum Gasteiger partial charge on any atom is -0.481 e. The van der Waals surface area contributed by atoms with Gasteiger partial charge in [-0.1, -0.05) is 0 Å². The fraction of sp³-hybridized carbons (Fsp3) is 0.727. The van der Waals surface area contributed by atoms with Crippen molar-refractivity contribution >= 4 is 17.8 Å². The van der Waals surface area contributed by atoms with Crippen LogP contribution in [-0.4, -0.2) is 45.5 Å². The van der Waals surface area contributed by atoms with Gasteiger partial charge < -0.3 is 15.1 Å². The number of carbonyl (C=O) groups is 3. The van der Waals surface area contributed by atoms with Crippen LogP contribution in [0.25, 0.3) is 0 Å². The lowest BCUT2D eigenvalue weighted by molar-refractivity contribution is -0.142. The van der Waals surface area contributed by atoms with E-state index in [1.54, 1.807) is 0 Å². The van der Waals surface area contributed by atoms with Crippen molar-refractivity contribution in [3.05, 3.63) is 0 Å². The van der Waals surface area contributed by atoms with Crippen LogP contribution in [0.2, 0.25) is 0 Å². The van der Waals surface area contributed by atoms with Gasteiger partial charge in [-0.3, -0.25) is 14.4 Å². The molecule has 0 aromatic rings. The van der Waals surface area contributed by atoms with E-state index in [1.165, 1.54) is 4.90 Å². The topological polar surface area (TPSA) is 94.9 Å². The molecule has 6 heteroatoms. The average molecular weight is 241 g/mol. The van der Waals surface area contributed by atoms with Gasteiger partial charge in [-0.25, -0.2) is 0 Å². The molecule has 2 fully saturated rings. The molecule has 0 bridgehead atoms. The summed E-state index contributed by atoms with van der Waals surface area (Å²) in [7, 11) is 0. The van der Waals surface area contributed by atoms with Crippen LogP contribution in [0.5, 0.6) is 0 Å². The van der Waals surface area contributed by atoms with Crippen LogP contribution in [0, 0.1) is 11.8 Å². The lowest BCUT2D eigenvalue weighted by atomic mass is 10.1. The molecule has 94 valence electrons. The number of likely N-dealkylation sites (tertiary alicyclic amines) is 1. The molecule has 6 nitrogen and oxygen atoms in total. The third-order valence-electron chi connectivity index (χ3n) is 3.46. The van der Waals surface area contributed by atoms with Crippen molar-refractivity contribution < 1.29 is 24.6 Å². The van der Waals surface area contributed by atoms with E-state index in [2.05, 4.69) is 0 Å². The van der Waals surface area contributed by atoms with E-state index in [9.17, 15) is 14.4 Å². The van der Waals surface area contributed by atoms with Crippen LogP contribution in [0.4, 0.5) is 0 Å². The summed E-state index contributed by atoms with van der Waals surface area (Å²) in [6, 6.07) is -0.315. The first-order valence-electron chi connectivity index (χ1n) is 5.73. The number of amides is 1. The Bertz CT molecular complexity index is 363. The maximum absolute atomic E-state index is 11.7. The van der Waals surface area contributed by atoms with Gasteiger partial charge in [0.05, 0.1) is 12.3 Å². The number of nitrogens with zero attached hydrogens (tertiary/aromatic N) is 1. The van der Waals surface area contributed by atoms with E-state index >= 15 is 0 Å². The summed E-state index contributed by atoms with van der Waals surface area (Å²) < 4.78 is 0. The van der Waals surface area contributed by atoms with Gasteiger partial charge in [0.1, 0.15) is 0 Å². The third kappa shape index (κ3) is 2.57. The SMILES string of the molecule is O=C(O)CC(C1CC1)N1CC(C(=O)O)CC1=O. The van der Waals surface area contributed by atoms with Gasteiger partial charge in [-0.05, 0) is 18.8 Å². The van der Waals surface area contributed by atoms with Crippen LogP contribution in [0.15, 0.2) is 0 Å². The summed E-state index contributed by atoms with van der Waals surface area (Å²) in [6.07, 6.45) is 1.78. The predicted octanol–water partition coefficient (Wildman–Crippen LogP) is 0.173. The van der Waals surface area contributed by atoms with E-state index in [1.807, 2.05) is 0 Å². The first-order chi connectivity index (χ1) is 7.99. The van der Waals surface area contributed by atoms with Gasteiger partial charge in [0.2, 0.25) is 5.91 Å². The zero-order valence-corrected chi connectivity index (χ0v) is 9.33. The Hall–Kier alpha value is -1.59. The van der Waals surface area contributed by atoms with Gasteiger partial charge in [0.25, 0.3) is 0 Å². The number of aliphatic carboxylic acids is 2. The Kier molecular flexibility index (Phi) is 3.04. The summed E-state index contributed by atoms with van der Waals surface area (Å²) >= 11 is 0. The van der Waals surface area contributed by atoms with E-state index in [0.29, 0.717) is 0 Å². The molecule has 2 unspecified atom stereocenters. The fourth-order valence-electron chi connectivity index (χ4n) is 2.41. The first kappa shape index (κ1) is 11.9. The summed E-state index contributed by atoms with van der Waals surface area (Å²) in [4.78, 5) is 34.8. The minimum absolute atomic E-state index is 0.00181. The molecule has 1 aliphatic heterocycles. The van der Waals surface area contributed by atoms with Crippen molar-refractivity contribution in [3.8, 4) is 0 Å². The molecule has 1 saturated carbocycles. The Morgan fingerprint density at radius 1 is 1.35 bits per heavy atom. The van der Waals surface area contributed by atoms with Gasteiger partial charge in [0.15, 0.2) is 0 Å². The van der Waals surface area contributed by atoms with Crippen molar-refractivity contribution in [3.63, 3.8) is 0 Å². The molecule has 17 heavy (non-hydrogen) atoms. The quantitative estimate of drug-likeness (QED) is 0.715. The molecule has 1 saturated heterocycles. The van der Waals surface area contributed by atoms with E-state index in [4.69, 9.17) is 10.2 Å². The van der Waals surface area contributed by atoms with Gasteiger partial charge in [0, 0.05) is 19.0 Å². The van der Waals surface area contributed by atoms with Crippen LogP contribution in [0.1, 0.15) is 25.7 Å². The normalized spacial score (nSPS) is 26.0. The molecule has 1 heterocycles. The second kappa shape index (κ2) is 4.35. The van der Waals surface area contributed by atoms with Crippen LogP contribution in [-0.2, 0) is 14.4 Å². The lowest BCUT2D eigenvalue weighted by Crippen LogP contribution is -2.40. The number of rotatable bonds is 5. The second-order valence-corrected chi connectivity index (χ2v) is 4.79. The van der Waals surface area contributed by atoms with Crippen LogP contribution < -0.4 is 0 Å². The highest BCUT2D eigenvalue weighted by Crippen LogP contribution is 2.39. The molecule has 1 aliphatic carbocycles. The summed E-state index contributed by atoms with van der Waals surface area (Å²) in [5, 5.41) is 17.7. The van der Waals surface area contributed by atoms with E-state index < -0.39 is 17.9 Å². The highest BCUT2D eigenvalue weighted by atomic mass is 16.4. The first-order valence-corrected chi connectivity index (χ1v) is 5.73. The number of carboxylic acid groups (broad SMARTS) is 2. The van der Waals surface area contributed by atoms with Gasteiger partial charge in [-0.2, -0.15) is 0 Å². The molecule has 2 aliphatic rings. The lowest BCUT2D eigenvalue weighted by Gasteiger charge is -2.26. The van der Waals surface area contributed by atoms with Gasteiger partial charge in [-0.15, -0.1) is 0 Å². The monoisotopic (exact) mass is 241 g/mol. The maximum atomic E-state index is 11.7. The molecule has 0 radical (unpaired) electrons. The van der Waals surface area contributed by atoms with Crippen LogP contribution in [0.3, 0.4) is 0 Å². The van der Waals surface area contributed by atoms with Gasteiger partial charge >= 0.3 is 11.9 Å². The molecule has 2 N–H and O–H groups in total. The molecule has 1 amide bonds. The standard InChI is InChI=1S/C11H15NO5/c13-9-3-7(11(16)17)5-12(9)8(4-10(14)15)6-1-2-6/h6-8H,1-5H2,(H,14,15)(H,16,17). The summed E-state index contributed by atoms with van der Waals surface area (Å²) in [5.41, 5.74) is 0.